The fourth-order valence-corrected chi connectivity index (χ4v) is 9.47. The van der Waals surface area contributed by atoms with Crippen molar-refractivity contribution < 1.29 is 29.6 Å². The zero-order valence-electron chi connectivity index (χ0n) is 21.3. The lowest BCUT2D eigenvalue weighted by molar-refractivity contribution is -0.292. The summed E-state index contributed by atoms with van der Waals surface area (Å²) in [5.74, 6) is 0.104. The van der Waals surface area contributed by atoms with Crippen LogP contribution in [0, 0.1) is 34.0 Å². The van der Waals surface area contributed by atoms with Crippen LogP contribution < -0.4 is 4.74 Å². The third-order valence-corrected chi connectivity index (χ3v) is 10.5. The first-order valence-corrected chi connectivity index (χ1v) is 12.7. The van der Waals surface area contributed by atoms with Gasteiger partial charge in [0.15, 0.2) is 0 Å². The van der Waals surface area contributed by atoms with Crippen LogP contribution in [-0.2, 0) is 11.2 Å². The van der Waals surface area contributed by atoms with E-state index in [9.17, 15) is 20.1 Å². The maximum atomic E-state index is 12.2. The van der Waals surface area contributed by atoms with Gasteiger partial charge >= 0.3 is 5.97 Å². The van der Waals surface area contributed by atoms with Gasteiger partial charge in [0, 0.05) is 17.8 Å². The van der Waals surface area contributed by atoms with E-state index in [1.54, 1.807) is 6.07 Å². The van der Waals surface area contributed by atoms with Gasteiger partial charge in [0.05, 0.1) is 31.0 Å². The minimum Gasteiger partial charge on any atom is -0.487 e. The average molecular weight is 473 g/mol. The van der Waals surface area contributed by atoms with Gasteiger partial charge in [0.1, 0.15) is 11.4 Å². The number of ether oxygens (including phenoxy) is 2. The average Bonchev–Trinajstić information content (AvgIpc) is 2.73. The summed E-state index contributed by atoms with van der Waals surface area (Å²) in [6.45, 7) is 10.7. The van der Waals surface area contributed by atoms with Crippen molar-refractivity contribution in [2.75, 3.05) is 7.11 Å². The van der Waals surface area contributed by atoms with Crippen LogP contribution in [-0.4, -0.2) is 52.3 Å². The molecule has 188 valence electrons. The van der Waals surface area contributed by atoms with Crippen LogP contribution in [0.1, 0.15) is 76.2 Å². The quantitative estimate of drug-likeness (QED) is 0.539. The molecule has 0 radical (unpaired) electrons. The number of fused-ring (bicyclic) bond motifs is 6. The molecule has 0 spiro atoms. The molecule has 9 atom stereocenters. The first-order valence-electron chi connectivity index (χ1n) is 12.7. The maximum Gasteiger partial charge on any atom is 0.337 e. The highest BCUT2D eigenvalue weighted by atomic mass is 16.5. The minimum atomic E-state index is -0.648. The molecule has 6 nitrogen and oxygen atoms in total. The Morgan fingerprint density at radius 1 is 1.03 bits per heavy atom. The van der Waals surface area contributed by atoms with Gasteiger partial charge in [0.25, 0.3) is 0 Å². The zero-order chi connectivity index (χ0) is 24.8. The standard InChI is InChI=1S/C28H40O6/c1-25(2)10-9-21(31)28(5)22(25)17(29)13-26(3)20-12-16-11-15(24(32)33-6)7-8-19(16)34-27(20,4)14-18(30)23(26)28/h7-8,11,17-18,20-23,29-31H,9-10,12-14H2,1-6H3/t17-,18+,20?,21-,22?,23?,26+,27+,28+/m1/s1. The van der Waals surface area contributed by atoms with E-state index in [0.29, 0.717) is 31.2 Å². The summed E-state index contributed by atoms with van der Waals surface area (Å²) in [6, 6.07) is 5.39. The van der Waals surface area contributed by atoms with Crippen molar-refractivity contribution in [1.82, 2.24) is 0 Å². The molecule has 1 aromatic rings. The number of carbonyl (C=O) groups is 1. The monoisotopic (exact) mass is 472 g/mol. The molecule has 0 aromatic heterocycles. The molecule has 34 heavy (non-hydrogen) atoms. The number of esters is 1. The molecule has 3 unspecified atom stereocenters. The second-order valence-electron chi connectivity index (χ2n) is 12.9. The summed E-state index contributed by atoms with van der Waals surface area (Å²) in [5.41, 5.74) is -0.352. The van der Waals surface area contributed by atoms with E-state index < -0.39 is 34.7 Å². The summed E-state index contributed by atoms with van der Waals surface area (Å²) in [7, 11) is 1.38. The van der Waals surface area contributed by atoms with Gasteiger partial charge in [-0.15, -0.1) is 0 Å². The van der Waals surface area contributed by atoms with Gasteiger partial charge < -0.3 is 24.8 Å². The summed E-state index contributed by atoms with van der Waals surface area (Å²) in [6.07, 6.45) is 1.45. The molecule has 1 aromatic carbocycles. The maximum absolute atomic E-state index is 12.2. The van der Waals surface area contributed by atoms with E-state index in [0.717, 1.165) is 17.7 Å². The number of carbonyl (C=O) groups excluding carboxylic acids is 1. The highest BCUT2D eigenvalue weighted by Gasteiger charge is 2.72. The van der Waals surface area contributed by atoms with Crippen molar-refractivity contribution in [2.45, 2.75) is 90.6 Å². The highest BCUT2D eigenvalue weighted by molar-refractivity contribution is 5.89. The Hall–Kier alpha value is -1.63. The lowest BCUT2D eigenvalue weighted by Gasteiger charge is -2.71. The van der Waals surface area contributed by atoms with Crippen molar-refractivity contribution in [1.29, 1.82) is 0 Å². The molecule has 6 heteroatoms. The van der Waals surface area contributed by atoms with Gasteiger partial charge in [-0.3, -0.25) is 0 Å². The molecular weight excluding hydrogens is 432 g/mol. The number of methoxy groups -OCH3 is 1. The number of aliphatic hydroxyl groups is 3. The Balaban J connectivity index is 1.62. The van der Waals surface area contributed by atoms with E-state index in [1.165, 1.54) is 7.11 Å². The Kier molecular flexibility index (Phi) is 5.27. The van der Waals surface area contributed by atoms with Crippen LogP contribution in [0.3, 0.4) is 0 Å². The molecule has 1 heterocycles. The van der Waals surface area contributed by atoms with Gasteiger partial charge in [-0.2, -0.15) is 0 Å². The molecule has 4 aliphatic rings. The lowest BCUT2D eigenvalue weighted by atomic mass is 9.36. The van der Waals surface area contributed by atoms with Gasteiger partial charge in [-0.25, -0.2) is 4.79 Å². The number of rotatable bonds is 1. The Morgan fingerprint density at radius 3 is 2.38 bits per heavy atom. The fourth-order valence-electron chi connectivity index (χ4n) is 9.47. The predicted molar refractivity (Wildman–Crippen MR) is 127 cm³/mol. The van der Waals surface area contributed by atoms with Crippen LogP contribution in [0.15, 0.2) is 18.2 Å². The third kappa shape index (κ3) is 3.07. The molecule has 3 saturated carbocycles. The molecule has 3 aliphatic carbocycles. The number of hydrogen-bond donors (Lipinski definition) is 3. The second-order valence-corrected chi connectivity index (χ2v) is 12.9. The molecule has 1 aliphatic heterocycles. The first-order chi connectivity index (χ1) is 15.8. The minimum absolute atomic E-state index is 0.0125. The largest absolute Gasteiger partial charge is 0.487 e. The zero-order valence-corrected chi connectivity index (χ0v) is 21.3. The Morgan fingerprint density at radius 2 is 1.71 bits per heavy atom. The second kappa shape index (κ2) is 7.44. The van der Waals surface area contributed by atoms with Crippen LogP contribution in [0.25, 0.3) is 0 Å². The van der Waals surface area contributed by atoms with Crippen molar-refractivity contribution in [2.24, 2.45) is 34.0 Å². The van der Waals surface area contributed by atoms with E-state index in [1.807, 2.05) is 12.1 Å². The SMILES string of the molecule is COC(=O)c1ccc2c(c1)CC1[C@]3(C)C[C@@H](O)C4C(C)(C)CC[C@@H](O)[C@]4(C)C3[C@@H](O)C[C@]1(C)O2. The van der Waals surface area contributed by atoms with Crippen LogP contribution in [0.5, 0.6) is 5.75 Å². The van der Waals surface area contributed by atoms with Gasteiger partial charge in [0.2, 0.25) is 0 Å². The fraction of sp³-hybridized carbons (Fsp3) is 0.750. The number of aliphatic hydroxyl groups excluding tert-OH is 3. The van der Waals surface area contributed by atoms with Crippen LogP contribution in [0.2, 0.25) is 0 Å². The molecule has 3 fully saturated rings. The Labute approximate surface area is 202 Å². The summed E-state index contributed by atoms with van der Waals surface area (Å²) in [5, 5.41) is 34.8. The smallest absolute Gasteiger partial charge is 0.337 e. The molecule has 0 amide bonds. The Bertz CT molecular complexity index is 1000. The number of hydrogen-bond acceptors (Lipinski definition) is 6. The van der Waals surface area contributed by atoms with Crippen LogP contribution >= 0.6 is 0 Å². The summed E-state index contributed by atoms with van der Waals surface area (Å²) < 4.78 is 11.5. The van der Waals surface area contributed by atoms with Crippen molar-refractivity contribution >= 4 is 5.97 Å². The third-order valence-electron chi connectivity index (χ3n) is 10.5. The molecule has 3 N–H and O–H groups in total. The highest BCUT2D eigenvalue weighted by Crippen LogP contribution is 2.70. The summed E-state index contributed by atoms with van der Waals surface area (Å²) in [4.78, 5) is 12.2. The molecule has 0 saturated heterocycles. The van der Waals surface area contributed by atoms with E-state index >= 15 is 0 Å². The summed E-state index contributed by atoms with van der Waals surface area (Å²) >= 11 is 0. The predicted octanol–water partition coefficient (Wildman–Crippen LogP) is 3.74. The normalized spacial score (nSPS) is 46.7. The van der Waals surface area contributed by atoms with Crippen molar-refractivity contribution in [3.05, 3.63) is 29.3 Å². The van der Waals surface area contributed by atoms with Crippen molar-refractivity contribution in [3.63, 3.8) is 0 Å². The van der Waals surface area contributed by atoms with Gasteiger partial charge in [-0.05, 0) is 79.0 Å². The topological polar surface area (TPSA) is 96.2 Å². The molecule has 0 bridgehead atoms. The molecular formula is C28H40O6. The lowest BCUT2D eigenvalue weighted by Crippen LogP contribution is -2.73. The van der Waals surface area contributed by atoms with Gasteiger partial charge in [-0.1, -0.05) is 27.7 Å². The first kappa shape index (κ1) is 24.1. The number of benzene rings is 1. The van der Waals surface area contributed by atoms with E-state index in [4.69, 9.17) is 9.47 Å². The van der Waals surface area contributed by atoms with Crippen molar-refractivity contribution in [3.8, 4) is 5.75 Å². The van der Waals surface area contributed by atoms with E-state index in [2.05, 4.69) is 34.6 Å². The van der Waals surface area contributed by atoms with E-state index in [-0.39, 0.29) is 29.1 Å². The molecule has 5 rings (SSSR count). The van der Waals surface area contributed by atoms with Crippen LogP contribution in [0.4, 0.5) is 0 Å².